The molecule has 0 radical (unpaired) electrons. The second-order valence-electron chi connectivity index (χ2n) is 2.02. The van der Waals surface area contributed by atoms with Crippen molar-refractivity contribution in [2.75, 3.05) is 0 Å². The van der Waals surface area contributed by atoms with Gasteiger partial charge in [-0.1, -0.05) is 6.92 Å². The first-order chi connectivity index (χ1) is 4.70. The van der Waals surface area contributed by atoms with Gasteiger partial charge in [0.05, 0.1) is 0 Å². The zero-order valence-corrected chi connectivity index (χ0v) is 17.5. The quantitative estimate of drug-likeness (QED) is 0.518. The van der Waals surface area contributed by atoms with Crippen molar-refractivity contribution in [3.63, 3.8) is 0 Å². The minimum atomic E-state index is -0.438. The second-order valence-corrected chi connectivity index (χ2v) is 2.02. The van der Waals surface area contributed by atoms with E-state index in [9.17, 15) is 4.79 Å². The molecule has 0 saturated heterocycles. The minimum absolute atomic E-state index is 0. The fourth-order valence-electron chi connectivity index (χ4n) is 0.598. The van der Waals surface area contributed by atoms with E-state index in [4.69, 9.17) is 5.73 Å². The summed E-state index contributed by atoms with van der Waals surface area (Å²) in [5, 5.41) is 0. The van der Waals surface area contributed by atoms with Crippen LogP contribution in [0, 0.1) is 19.1 Å². The van der Waals surface area contributed by atoms with E-state index in [-0.39, 0.29) is 116 Å². The van der Waals surface area contributed by atoms with Crippen LogP contribution < -0.4 is 122 Å². The van der Waals surface area contributed by atoms with Gasteiger partial charge in [-0.3, -0.25) is 22.5 Å². The zero-order valence-electron chi connectivity index (χ0n) is 7.64. The monoisotopic (exact) mass is 303 g/mol. The molecule has 0 aliphatic carbocycles. The van der Waals surface area contributed by atoms with Gasteiger partial charge in [-0.15, -0.1) is 0 Å². The molecule has 0 spiro atoms. The maximum atomic E-state index is 10.5. The topological polar surface area (TPSA) is 43.1 Å². The molecule has 0 aromatic heterocycles. The van der Waals surface area contributed by atoms with Crippen molar-refractivity contribution in [2.24, 2.45) is 5.73 Å². The van der Waals surface area contributed by atoms with Gasteiger partial charge >= 0.3 is 116 Å². The van der Waals surface area contributed by atoms with Crippen LogP contribution in [-0.2, 0) is 0 Å². The van der Waals surface area contributed by atoms with Crippen molar-refractivity contribution >= 4 is 5.91 Å². The Morgan fingerprint density at radius 3 is 2.08 bits per heavy atom. The van der Waals surface area contributed by atoms with Gasteiger partial charge in [0, 0.05) is 0 Å². The van der Waals surface area contributed by atoms with Gasteiger partial charge in [0.2, 0.25) is 0 Å². The average molecular weight is 304 g/mol. The van der Waals surface area contributed by atoms with Crippen molar-refractivity contribution in [2.45, 2.75) is 6.92 Å². The van der Waals surface area contributed by atoms with Gasteiger partial charge in [-0.05, 0) is 0 Å². The zero-order chi connectivity index (χ0) is 7.56. The van der Waals surface area contributed by atoms with Gasteiger partial charge in [0.15, 0.2) is 0 Å². The molecule has 0 fully saturated rings. The van der Waals surface area contributed by atoms with Crippen LogP contribution in [0.1, 0.15) is 15.9 Å². The molecule has 0 aliphatic heterocycles. The Hall–Kier alpha value is 2.30. The largest absolute Gasteiger partial charge is 1.00 e. The Balaban J connectivity index is 0. The summed E-state index contributed by atoms with van der Waals surface area (Å²) in [6.45, 7) is 1.85. The van der Waals surface area contributed by atoms with Crippen LogP contribution in [0.25, 0.3) is 0 Å². The molecule has 12 heavy (non-hydrogen) atoms. The van der Waals surface area contributed by atoms with Crippen molar-refractivity contribution in [3.8, 4) is 0 Å². The van der Waals surface area contributed by atoms with Gasteiger partial charge in [0.25, 0.3) is 0 Å². The summed E-state index contributed by atoms with van der Waals surface area (Å²) < 4.78 is 0. The number of benzene rings is 1. The van der Waals surface area contributed by atoms with E-state index >= 15 is 0 Å². The average Bonchev–Trinajstić information content (AvgIpc) is 1.88. The standard InChI is InChI=1S/C8H7NO.2Rb/c1-6-2-4-7(5-3-6)8(9)10;;/h4-5H,1H3,(H2,9,10);;/q-2;2*+1. The number of aryl methyl sites for hydroxylation is 1. The Morgan fingerprint density at radius 1 is 1.33 bits per heavy atom. The summed E-state index contributed by atoms with van der Waals surface area (Å²) in [7, 11) is 0. The first kappa shape index (κ1) is 16.7. The maximum absolute atomic E-state index is 10.5. The van der Waals surface area contributed by atoms with Crippen LogP contribution in [0.2, 0.25) is 0 Å². The molecule has 1 aromatic carbocycles. The Kier molecular flexibility index (Phi) is 12.0. The molecule has 0 unspecified atom stereocenters. The van der Waals surface area contributed by atoms with Crippen LogP contribution in [0.5, 0.6) is 0 Å². The van der Waals surface area contributed by atoms with Crippen molar-refractivity contribution in [1.82, 2.24) is 0 Å². The molecule has 0 bridgehead atoms. The molecule has 2 N–H and O–H groups in total. The molecular formula is C8H7NORb2. The summed E-state index contributed by atoms with van der Waals surface area (Å²) >= 11 is 0. The number of rotatable bonds is 1. The normalized spacial score (nSPS) is 7.75. The van der Waals surface area contributed by atoms with Crippen LogP contribution in [0.4, 0.5) is 0 Å². The number of nitrogens with two attached hydrogens (primary N) is 1. The number of hydrogen-bond donors (Lipinski definition) is 1. The molecule has 52 valence electrons. The summed E-state index contributed by atoms with van der Waals surface area (Å²) in [6, 6.07) is 8.78. The summed E-state index contributed by atoms with van der Waals surface area (Å²) in [5.74, 6) is -0.438. The van der Waals surface area contributed by atoms with E-state index in [1.807, 2.05) is 6.92 Å². The van der Waals surface area contributed by atoms with Crippen LogP contribution in [0.3, 0.4) is 0 Å². The fourth-order valence-corrected chi connectivity index (χ4v) is 0.598. The second kappa shape index (κ2) is 8.60. The summed E-state index contributed by atoms with van der Waals surface area (Å²) in [6.07, 6.45) is 0. The Morgan fingerprint density at radius 2 is 1.75 bits per heavy atom. The predicted molar refractivity (Wildman–Crippen MR) is 37.4 cm³/mol. The first-order valence-corrected chi connectivity index (χ1v) is 2.90. The predicted octanol–water partition coefficient (Wildman–Crippen LogP) is -5.30. The van der Waals surface area contributed by atoms with E-state index in [0.29, 0.717) is 5.56 Å². The van der Waals surface area contributed by atoms with Crippen LogP contribution >= 0.6 is 0 Å². The fraction of sp³-hybridized carbons (Fsp3) is 0.125. The molecule has 0 saturated carbocycles. The number of carbonyl (C=O) groups is 1. The molecule has 1 aromatic rings. The number of amides is 1. The van der Waals surface area contributed by atoms with E-state index in [1.54, 1.807) is 12.1 Å². The Labute approximate surface area is 170 Å². The van der Waals surface area contributed by atoms with E-state index < -0.39 is 5.91 Å². The SMILES string of the molecule is Cc1[c-]cc(C(N)=O)c[c-]1.[Rb+].[Rb+]. The van der Waals surface area contributed by atoms with Gasteiger partial charge < -0.3 is 17.9 Å². The van der Waals surface area contributed by atoms with Gasteiger partial charge in [0.1, 0.15) is 5.91 Å². The number of primary amides is 1. The maximum Gasteiger partial charge on any atom is 1.00 e. The van der Waals surface area contributed by atoms with Gasteiger partial charge in [-0.25, -0.2) is 0 Å². The third kappa shape index (κ3) is 5.91. The van der Waals surface area contributed by atoms with Crippen molar-refractivity contribution in [1.29, 1.82) is 0 Å². The van der Waals surface area contributed by atoms with E-state index in [2.05, 4.69) is 12.1 Å². The molecule has 1 amide bonds. The van der Waals surface area contributed by atoms with Crippen LogP contribution in [-0.4, -0.2) is 5.91 Å². The number of carbonyl (C=O) groups excluding carboxylic acids is 1. The van der Waals surface area contributed by atoms with Gasteiger partial charge in [-0.2, -0.15) is 5.56 Å². The molecule has 2 nitrogen and oxygen atoms in total. The summed E-state index contributed by atoms with van der Waals surface area (Å²) in [5.41, 5.74) is 6.31. The van der Waals surface area contributed by atoms with E-state index in [0.717, 1.165) is 5.56 Å². The van der Waals surface area contributed by atoms with E-state index in [1.165, 1.54) is 0 Å². The minimum Gasteiger partial charge on any atom is -0.386 e. The van der Waals surface area contributed by atoms with Crippen molar-refractivity contribution < 1.29 is 121 Å². The first-order valence-electron chi connectivity index (χ1n) is 2.90. The molecular weight excluding hydrogens is 297 g/mol. The third-order valence-electron chi connectivity index (χ3n) is 1.17. The summed E-state index contributed by atoms with van der Waals surface area (Å²) in [4.78, 5) is 10.5. The molecule has 1 rings (SSSR count). The molecule has 0 heterocycles. The van der Waals surface area contributed by atoms with Crippen LogP contribution in [0.15, 0.2) is 12.1 Å². The van der Waals surface area contributed by atoms with Crippen molar-refractivity contribution in [3.05, 3.63) is 35.4 Å². The molecule has 0 atom stereocenters. The smallest absolute Gasteiger partial charge is 0.386 e. The third-order valence-corrected chi connectivity index (χ3v) is 1.17. The molecule has 0 aliphatic rings. The Bertz CT molecular complexity index is 246. The number of hydrogen-bond acceptors (Lipinski definition) is 1. The molecule has 4 heteroatoms.